The molecule has 0 aliphatic rings. The van der Waals surface area contributed by atoms with Crippen LogP contribution in [0.5, 0.6) is 0 Å². The third-order valence-electron chi connectivity index (χ3n) is 1.92. The number of nitrogens with one attached hydrogen (secondary N) is 1. The second-order valence-corrected chi connectivity index (χ2v) is 4.55. The Balaban J connectivity index is 2.10. The van der Waals surface area contributed by atoms with Crippen LogP contribution in [-0.2, 0) is 0 Å². The van der Waals surface area contributed by atoms with E-state index in [0.717, 1.165) is 5.69 Å². The minimum absolute atomic E-state index is 0.194. The molecule has 5 heteroatoms. The van der Waals surface area contributed by atoms with E-state index in [0.29, 0.717) is 15.7 Å². The van der Waals surface area contributed by atoms with Crippen molar-refractivity contribution in [3.8, 4) is 0 Å². The lowest BCUT2D eigenvalue weighted by Crippen LogP contribution is -2.11. The smallest absolute Gasteiger partial charge is 0.284 e. The number of nitrogens with zero attached hydrogens (tertiary/aromatic N) is 1. The van der Waals surface area contributed by atoms with Crippen LogP contribution in [0.2, 0.25) is 5.02 Å². The molecule has 1 aromatic heterocycles. The summed E-state index contributed by atoms with van der Waals surface area (Å²) < 4.78 is 0. The van der Waals surface area contributed by atoms with Crippen molar-refractivity contribution in [3.63, 3.8) is 0 Å². The molecule has 1 heterocycles. The molecule has 0 unspecified atom stereocenters. The Morgan fingerprint density at radius 3 is 2.62 bits per heavy atom. The van der Waals surface area contributed by atoms with E-state index in [9.17, 15) is 4.79 Å². The Labute approximate surface area is 102 Å². The van der Waals surface area contributed by atoms with Gasteiger partial charge in [-0.2, -0.15) is 0 Å². The summed E-state index contributed by atoms with van der Waals surface area (Å²) >= 11 is 7.08. The van der Waals surface area contributed by atoms with Gasteiger partial charge in [0.05, 0.1) is 0 Å². The van der Waals surface area contributed by atoms with E-state index in [2.05, 4.69) is 10.3 Å². The van der Waals surface area contributed by atoms with Gasteiger partial charge in [0, 0.05) is 21.8 Å². The van der Waals surface area contributed by atoms with Gasteiger partial charge in [-0.15, -0.1) is 11.3 Å². The van der Waals surface area contributed by atoms with E-state index in [1.54, 1.807) is 24.3 Å². The molecule has 0 bridgehead atoms. The highest BCUT2D eigenvalue weighted by Crippen LogP contribution is 2.15. The van der Waals surface area contributed by atoms with E-state index >= 15 is 0 Å². The molecule has 0 aliphatic heterocycles. The first-order valence-corrected chi connectivity index (χ1v) is 5.90. The van der Waals surface area contributed by atoms with Gasteiger partial charge in [0.25, 0.3) is 5.91 Å². The van der Waals surface area contributed by atoms with Crippen LogP contribution in [0.4, 0.5) is 5.69 Å². The van der Waals surface area contributed by atoms with Crippen LogP contribution < -0.4 is 5.32 Å². The van der Waals surface area contributed by atoms with Crippen molar-refractivity contribution in [1.29, 1.82) is 0 Å². The van der Waals surface area contributed by atoms with Gasteiger partial charge >= 0.3 is 0 Å². The lowest BCUT2D eigenvalue weighted by molar-refractivity contribution is 0.102. The van der Waals surface area contributed by atoms with Gasteiger partial charge < -0.3 is 5.32 Å². The number of thiazole rings is 1. The first-order valence-electron chi connectivity index (χ1n) is 4.64. The molecule has 3 nitrogen and oxygen atoms in total. The van der Waals surface area contributed by atoms with Crippen LogP contribution in [0.3, 0.4) is 0 Å². The molecule has 1 amide bonds. The average Bonchev–Trinajstić information content (AvgIpc) is 2.68. The van der Waals surface area contributed by atoms with Gasteiger partial charge in [-0.05, 0) is 31.2 Å². The Bertz CT molecular complexity index is 507. The number of amides is 1. The summed E-state index contributed by atoms with van der Waals surface area (Å²) in [4.78, 5) is 15.8. The largest absolute Gasteiger partial charge is 0.320 e. The maximum atomic E-state index is 11.7. The molecule has 0 spiro atoms. The number of carbonyl (C=O) groups excluding carboxylic acids is 1. The van der Waals surface area contributed by atoms with Gasteiger partial charge in [0.15, 0.2) is 5.01 Å². The number of hydrogen-bond donors (Lipinski definition) is 1. The van der Waals surface area contributed by atoms with E-state index in [-0.39, 0.29) is 5.91 Å². The van der Waals surface area contributed by atoms with Gasteiger partial charge in [-0.25, -0.2) is 4.98 Å². The van der Waals surface area contributed by atoms with Crippen LogP contribution in [0, 0.1) is 6.92 Å². The maximum Gasteiger partial charge on any atom is 0.284 e. The zero-order valence-corrected chi connectivity index (χ0v) is 10.1. The molecular weight excluding hydrogens is 244 g/mol. The third-order valence-corrected chi connectivity index (χ3v) is 3.13. The molecule has 0 saturated heterocycles. The number of anilines is 1. The first kappa shape index (κ1) is 11.1. The molecule has 82 valence electrons. The first-order chi connectivity index (χ1) is 7.65. The normalized spacial score (nSPS) is 10.1. The van der Waals surface area contributed by atoms with Crippen molar-refractivity contribution in [2.45, 2.75) is 6.92 Å². The Morgan fingerprint density at radius 2 is 2.06 bits per heavy atom. The molecule has 0 fully saturated rings. The average molecular weight is 253 g/mol. The Hall–Kier alpha value is -1.39. The highest BCUT2D eigenvalue weighted by Gasteiger charge is 2.09. The van der Waals surface area contributed by atoms with Gasteiger partial charge in [0.2, 0.25) is 0 Å². The highest BCUT2D eigenvalue weighted by atomic mass is 35.5. The van der Waals surface area contributed by atoms with Gasteiger partial charge in [-0.1, -0.05) is 11.6 Å². The standard InChI is InChI=1S/C11H9ClN2OS/c1-7-6-16-11(13-7)10(15)14-9-4-2-8(12)3-5-9/h2-6H,1H3,(H,14,15). The number of halogens is 1. The van der Waals surface area contributed by atoms with E-state index in [4.69, 9.17) is 11.6 Å². The summed E-state index contributed by atoms with van der Waals surface area (Å²) in [6, 6.07) is 6.95. The molecule has 1 aromatic carbocycles. The number of benzene rings is 1. The second-order valence-electron chi connectivity index (χ2n) is 3.26. The molecule has 0 radical (unpaired) electrons. The summed E-state index contributed by atoms with van der Waals surface area (Å²) in [5.74, 6) is -0.194. The highest BCUT2D eigenvalue weighted by molar-refractivity contribution is 7.11. The lowest BCUT2D eigenvalue weighted by atomic mass is 10.3. The summed E-state index contributed by atoms with van der Waals surface area (Å²) in [5.41, 5.74) is 1.56. The SMILES string of the molecule is Cc1csc(C(=O)Nc2ccc(Cl)cc2)n1. The topological polar surface area (TPSA) is 42.0 Å². The number of hydrogen-bond acceptors (Lipinski definition) is 3. The zero-order valence-electron chi connectivity index (χ0n) is 8.53. The van der Waals surface area contributed by atoms with Crippen molar-refractivity contribution in [2.24, 2.45) is 0 Å². The summed E-state index contributed by atoms with van der Waals surface area (Å²) in [5, 5.41) is 5.70. The summed E-state index contributed by atoms with van der Waals surface area (Å²) in [6.45, 7) is 1.86. The van der Waals surface area contributed by atoms with E-state index in [1.807, 2.05) is 12.3 Å². The number of aromatic nitrogens is 1. The fourth-order valence-corrected chi connectivity index (χ4v) is 1.99. The monoisotopic (exact) mass is 252 g/mol. The fraction of sp³-hybridized carbons (Fsp3) is 0.0909. The van der Waals surface area contributed by atoms with Crippen LogP contribution in [-0.4, -0.2) is 10.9 Å². The molecule has 0 saturated carbocycles. The minimum atomic E-state index is -0.194. The lowest BCUT2D eigenvalue weighted by Gasteiger charge is -2.02. The molecule has 16 heavy (non-hydrogen) atoms. The van der Waals surface area contributed by atoms with E-state index in [1.165, 1.54) is 11.3 Å². The van der Waals surface area contributed by atoms with Gasteiger partial charge in [0.1, 0.15) is 0 Å². The Kier molecular flexibility index (Phi) is 3.22. The number of carbonyl (C=O) groups is 1. The number of rotatable bonds is 2. The predicted molar refractivity (Wildman–Crippen MR) is 66.3 cm³/mol. The summed E-state index contributed by atoms with van der Waals surface area (Å²) in [6.07, 6.45) is 0. The van der Waals surface area contributed by atoms with Crippen molar-refractivity contribution in [1.82, 2.24) is 4.98 Å². The molecule has 0 aliphatic carbocycles. The van der Waals surface area contributed by atoms with Crippen molar-refractivity contribution in [3.05, 3.63) is 45.4 Å². The van der Waals surface area contributed by atoms with Crippen LogP contribution in [0.15, 0.2) is 29.6 Å². The molecule has 1 N–H and O–H groups in total. The molecule has 0 atom stereocenters. The Morgan fingerprint density at radius 1 is 1.38 bits per heavy atom. The van der Waals surface area contributed by atoms with Crippen LogP contribution in [0.25, 0.3) is 0 Å². The quantitative estimate of drug-likeness (QED) is 0.891. The fourth-order valence-electron chi connectivity index (χ4n) is 1.18. The van der Waals surface area contributed by atoms with Gasteiger partial charge in [-0.3, -0.25) is 4.79 Å². The number of aryl methyl sites for hydroxylation is 1. The molecular formula is C11H9ClN2OS. The predicted octanol–water partition coefficient (Wildman–Crippen LogP) is 3.36. The van der Waals surface area contributed by atoms with Crippen molar-refractivity contribution < 1.29 is 4.79 Å². The minimum Gasteiger partial charge on any atom is -0.320 e. The molecule has 2 aromatic rings. The van der Waals surface area contributed by atoms with E-state index < -0.39 is 0 Å². The molecule has 2 rings (SSSR count). The second kappa shape index (κ2) is 4.63. The zero-order chi connectivity index (χ0) is 11.5. The van der Waals surface area contributed by atoms with Crippen molar-refractivity contribution in [2.75, 3.05) is 5.32 Å². The van der Waals surface area contributed by atoms with Crippen LogP contribution in [0.1, 0.15) is 15.5 Å². The van der Waals surface area contributed by atoms with Crippen LogP contribution >= 0.6 is 22.9 Å². The maximum absolute atomic E-state index is 11.7. The van der Waals surface area contributed by atoms with Crippen molar-refractivity contribution >= 4 is 34.5 Å². The third kappa shape index (κ3) is 2.59. The summed E-state index contributed by atoms with van der Waals surface area (Å²) in [7, 11) is 0.